The van der Waals surface area contributed by atoms with E-state index in [1.165, 1.54) is 0 Å². The van der Waals surface area contributed by atoms with Crippen molar-refractivity contribution in [2.24, 2.45) is 5.73 Å². The van der Waals surface area contributed by atoms with E-state index in [2.05, 4.69) is 6.07 Å². The van der Waals surface area contributed by atoms with Crippen molar-refractivity contribution in [3.05, 3.63) is 108 Å². The highest BCUT2D eigenvalue weighted by Crippen LogP contribution is 2.47. The average Bonchev–Trinajstić information content (AvgIpc) is 3.24. The largest absolute Gasteiger partial charge is 0.508 e. The zero-order valence-electron chi connectivity index (χ0n) is 16.4. The van der Waals surface area contributed by atoms with E-state index in [1.807, 2.05) is 66.7 Å². The molecule has 3 aromatic carbocycles. The second kappa shape index (κ2) is 7.39. The summed E-state index contributed by atoms with van der Waals surface area (Å²) in [5.41, 5.74) is 9.73. The van der Waals surface area contributed by atoms with Crippen LogP contribution in [-0.4, -0.2) is 10.1 Å². The Morgan fingerprint density at radius 2 is 1.68 bits per heavy atom. The summed E-state index contributed by atoms with van der Waals surface area (Å²) in [4.78, 5) is 6.50. The molecule has 150 valence electrons. The molecular weight excluding hydrogens is 388 g/mol. The second-order valence-corrected chi connectivity index (χ2v) is 7.19. The Morgan fingerprint density at radius 1 is 0.968 bits per heavy atom. The minimum Gasteiger partial charge on any atom is -0.508 e. The van der Waals surface area contributed by atoms with Crippen LogP contribution < -0.4 is 10.6 Å². The van der Waals surface area contributed by atoms with Crippen LogP contribution in [0.5, 0.6) is 5.75 Å². The van der Waals surface area contributed by atoms with Crippen molar-refractivity contribution in [1.29, 1.82) is 5.26 Å². The third-order valence-electron chi connectivity index (χ3n) is 5.28. The van der Waals surface area contributed by atoms with E-state index in [4.69, 9.17) is 15.1 Å². The van der Waals surface area contributed by atoms with Crippen LogP contribution in [0.3, 0.4) is 0 Å². The summed E-state index contributed by atoms with van der Waals surface area (Å²) in [7, 11) is 0. The molecule has 0 saturated carbocycles. The number of aromatic hydroxyl groups is 1. The summed E-state index contributed by atoms with van der Waals surface area (Å²) in [5, 5.41) is 20.1. The number of fused-ring (bicyclic) bond motifs is 1. The quantitative estimate of drug-likeness (QED) is 0.495. The van der Waals surface area contributed by atoms with Gasteiger partial charge in [-0.25, -0.2) is 4.98 Å². The molecule has 0 saturated heterocycles. The van der Waals surface area contributed by atoms with Crippen LogP contribution in [0.25, 0.3) is 11.5 Å². The number of hydrogen-bond acceptors (Lipinski definition) is 6. The Hall–Kier alpha value is -4.50. The standard InChI is InChI=1S/C25H18N4O2/c26-15-20-21(17-10-7-13-19(30)14-17)22-25(29(23(20)27)18-11-5-2-6-12-18)31-24(28-22)16-8-3-1-4-9-16/h1-14,21,30H,27H2. The molecule has 0 spiro atoms. The van der Waals surface area contributed by atoms with Gasteiger partial charge in [-0.15, -0.1) is 0 Å². The summed E-state index contributed by atoms with van der Waals surface area (Å²) < 4.78 is 6.23. The Bertz CT molecular complexity index is 1320. The van der Waals surface area contributed by atoms with Gasteiger partial charge in [0.2, 0.25) is 11.8 Å². The van der Waals surface area contributed by atoms with Gasteiger partial charge in [0.15, 0.2) is 0 Å². The first-order chi connectivity index (χ1) is 15.2. The number of hydrogen-bond donors (Lipinski definition) is 2. The lowest BCUT2D eigenvalue weighted by atomic mass is 9.86. The van der Waals surface area contributed by atoms with Crippen molar-refractivity contribution in [1.82, 2.24) is 4.98 Å². The molecule has 31 heavy (non-hydrogen) atoms. The normalized spacial score (nSPS) is 15.5. The molecule has 3 N–H and O–H groups in total. The van der Waals surface area contributed by atoms with Gasteiger partial charge in [0.25, 0.3) is 0 Å². The molecule has 0 aliphatic carbocycles. The average molecular weight is 406 g/mol. The molecular formula is C25H18N4O2. The number of phenols is 1. The van der Waals surface area contributed by atoms with Crippen molar-refractivity contribution in [3.8, 4) is 23.3 Å². The number of para-hydroxylation sites is 1. The maximum absolute atomic E-state index is 10.0. The van der Waals surface area contributed by atoms with Crippen LogP contribution in [0.15, 0.2) is 101 Å². The summed E-state index contributed by atoms with van der Waals surface area (Å²) in [6, 6.07) is 28.1. The number of nitrogens with zero attached hydrogens (tertiary/aromatic N) is 3. The van der Waals surface area contributed by atoms with Gasteiger partial charge in [0, 0.05) is 5.56 Å². The van der Waals surface area contributed by atoms with Crippen LogP contribution in [-0.2, 0) is 0 Å². The van der Waals surface area contributed by atoms with Crippen LogP contribution >= 0.6 is 0 Å². The monoisotopic (exact) mass is 406 g/mol. The lowest BCUT2D eigenvalue weighted by Gasteiger charge is -2.31. The number of anilines is 2. The van der Waals surface area contributed by atoms with Crippen LogP contribution in [0, 0.1) is 11.3 Å². The number of nitriles is 1. The number of aromatic nitrogens is 1. The van der Waals surface area contributed by atoms with E-state index in [0.29, 0.717) is 28.6 Å². The highest BCUT2D eigenvalue weighted by molar-refractivity contribution is 5.74. The highest BCUT2D eigenvalue weighted by Gasteiger charge is 2.39. The molecule has 1 unspecified atom stereocenters. The first-order valence-electron chi connectivity index (χ1n) is 9.77. The summed E-state index contributed by atoms with van der Waals surface area (Å²) in [6.45, 7) is 0. The molecule has 1 atom stereocenters. The molecule has 6 nitrogen and oxygen atoms in total. The van der Waals surface area contributed by atoms with Gasteiger partial charge in [-0.3, -0.25) is 4.90 Å². The zero-order valence-corrected chi connectivity index (χ0v) is 16.4. The van der Waals surface area contributed by atoms with Crippen molar-refractivity contribution >= 4 is 11.6 Å². The predicted molar refractivity (Wildman–Crippen MR) is 117 cm³/mol. The zero-order chi connectivity index (χ0) is 21.4. The third kappa shape index (κ3) is 3.09. The molecule has 4 aromatic rings. The minimum atomic E-state index is -0.562. The number of oxazole rings is 1. The van der Waals surface area contributed by atoms with Gasteiger partial charge >= 0.3 is 0 Å². The maximum Gasteiger partial charge on any atom is 0.231 e. The molecule has 1 aromatic heterocycles. The van der Waals surface area contributed by atoms with Gasteiger partial charge in [-0.1, -0.05) is 48.5 Å². The summed E-state index contributed by atoms with van der Waals surface area (Å²) in [6.07, 6.45) is 0. The van der Waals surface area contributed by atoms with E-state index in [1.54, 1.807) is 23.1 Å². The van der Waals surface area contributed by atoms with Crippen LogP contribution in [0.2, 0.25) is 0 Å². The Morgan fingerprint density at radius 3 is 2.35 bits per heavy atom. The van der Waals surface area contributed by atoms with Crippen molar-refractivity contribution < 1.29 is 9.52 Å². The van der Waals surface area contributed by atoms with E-state index >= 15 is 0 Å². The lowest BCUT2D eigenvalue weighted by molar-refractivity contribution is 0.474. The molecule has 0 bridgehead atoms. The predicted octanol–water partition coefficient (Wildman–Crippen LogP) is 5.02. The van der Waals surface area contributed by atoms with Gasteiger partial charge in [-0.2, -0.15) is 5.26 Å². The summed E-state index contributed by atoms with van der Waals surface area (Å²) >= 11 is 0. The third-order valence-corrected chi connectivity index (χ3v) is 5.28. The number of nitrogens with two attached hydrogens (primary N) is 1. The number of phenolic OH excluding ortho intramolecular Hbond substituents is 1. The molecule has 0 amide bonds. The Kier molecular flexibility index (Phi) is 4.42. The van der Waals surface area contributed by atoms with Crippen molar-refractivity contribution in [2.45, 2.75) is 5.92 Å². The Balaban J connectivity index is 1.78. The fraction of sp³-hybridized carbons (Fsp3) is 0.0400. The number of allylic oxidation sites excluding steroid dienone is 1. The topological polar surface area (TPSA) is 99.3 Å². The number of rotatable bonds is 3. The first-order valence-corrected chi connectivity index (χ1v) is 9.77. The van der Waals surface area contributed by atoms with Gasteiger partial charge < -0.3 is 15.3 Å². The molecule has 1 aliphatic rings. The van der Waals surface area contributed by atoms with Gasteiger partial charge in [0.1, 0.15) is 17.3 Å². The lowest BCUT2D eigenvalue weighted by Crippen LogP contribution is -2.31. The molecule has 1 aliphatic heterocycles. The van der Waals surface area contributed by atoms with E-state index in [-0.39, 0.29) is 11.6 Å². The fourth-order valence-corrected chi connectivity index (χ4v) is 3.87. The first kappa shape index (κ1) is 18.5. The molecule has 6 heteroatoms. The minimum absolute atomic E-state index is 0.104. The second-order valence-electron chi connectivity index (χ2n) is 7.19. The summed E-state index contributed by atoms with van der Waals surface area (Å²) in [5.74, 6) is 0.698. The van der Waals surface area contributed by atoms with Crippen LogP contribution in [0.4, 0.5) is 11.6 Å². The van der Waals surface area contributed by atoms with Gasteiger partial charge in [-0.05, 0) is 42.0 Å². The smallest absolute Gasteiger partial charge is 0.231 e. The molecule has 5 rings (SSSR count). The SMILES string of the molecule is N#CC1=C(N)N(c2ccccc2)c2oc(-c3ccccc3)nc2C1c1cccc(O)c1. The molecule has 0 fully saturated rings. The molecule has 2 heterocycles. The van der Waals surface area contributed by atoms with Crippen molar-refractivity contribution in [2.75, 3.05) is 4.90 Å². The Labute approximate surface area is 179 Å². The number of benzene rings is 3. The van der Waals surface area contributed by atoms with Crippen molar-refractivity contribution in [3.63, 3.8) is 0 Å². The van der Waals surface area contributed by atoms with Crippen LogP contribution in [0.1, 0.15) is 17.2 Å². The van der Waals surface area contributed by atoms with E-state index < -0.39 is 5.92 Å². The maximum atomic E-state index is 10.0. The fourth-order valence-electron chi connectivity index (χ4n) is 3.87. The van der Waals surface area contributed by atoms with E-state index in [9.17, 15) is 10.4 Å². The molecule has 0 radical (unpaired) electrons. The highest BCUT2D eigenvalue weighted by atomic mass is 16.4. The van der Waals surface area contributed by atoms with E-state index in [0.717, 1.165) is 11.3 Å². The van der Waals surface area contributed by atoms with Gasteiger partial charge in [0.05, 0.1) is 23.2 Å².